The highest BCUT2D eigenvalue weighted by molar-refractivity contribution is 7.90. The molecule has 4 nitrogen and oxygen atoms in total. The molecule has 5 heteroatoms. The van der Waals surface area contributed by atoms with Gasteiger partial charge in [0.1, 0.15) is 39.3 Å². The number of piperazine rings is 3. The molecule has 0 atom stereocenters. The molecule has 88 valence electrons. The Hall–Kier alpha value is -0.130. The average Bonchev–Trinajstić information content (AvgIpc) is 2.17. The molecule has 0 radical (unpaired) electrons. The molecule has 2 bridgehead atoms. The van der Waals surface area contributed by atoms with Gasteiger partial charge in [-0.05, 0) is 6.92 Å². The number of quaternary nitrogens is 2. The maximum atomic E-state index is 11.4. The Kier molecular flexibility index (Phi) is 2.60. The van der Waals surface area contributed by atoms with Crippen molar-refractivity contribution >= 4 is 9.84 Å². The van der Waals surface area contributed by atoms with Gasteiger partial charge in [-0.2, -0.15) is 0 Å². The Morgan fingerprint density at radius 1 is 0.933 bits per heavy atom. The molecule has 0 spiro atoms. The van der Waals surface area contributed by atoms with Crippen molar-refractivity contribution in [1.82, 2.24) is 0 Å². The first-order valence-corrected chi connectivity index (χ1v) is 7.83. The van der Waals surface area contributed by atoms with Gasteiger partial charge >= 0.3 is 0 Å². The monoisotopic (exact) mass is 234 g/mol. The van der Waals surface area contributed by atoms with Crippen molar-refractivity contribution in [2.45, 2.75) is 6.92 Å². The first kappa shape index (κ1) is 11.4. The van der Waals surface area contributed by atoms with E-state index in [9.17, 15) is 8.42 Å². The summed E-state index contributed by atoms with van der Waals surface area (Å²) in [6.07, 6.45) is 1.37. The van der Waals surface area contributed by atoms with E-state index >= 15 is 0 Å². The minimum Gasteiger partial charge on any atom is -0.310 e. The van der Waals surface area contributed by atoms with Crippen LogP contribution in [0.15, 0.2) is 0 Å². The van der Waals surface area contributed by atoms with Crippen LogP contribution in [-0.4, -0.2) is 75.3 Å². The van der Waals surface area contributed by atoms with Crippen LogP contribution in [0, 0.1) is 0 Å². The molecule has 0 aromatic carbocycles. The number of hydrogen-bond donors (Lipinski definition) is 0. The largest absolute Gasteiger partial charge is 0.310 e. The molecular weight excluding hydrogens is 212 g/mol. The second-order valence-electron chi connectivity index (χ2n) is 5.40. The fourth-order valence-electron chi connectivity index (χ4n) is 3.11. The smallest absolute Gasteiger partial charge is 0.197 e. The summed E-state index contributed by atoms with van der Waals surface area (Å²) in [5.74, 6) is 0.358. The molecular formula is C10H22N2O2S+2. The Labute approximate surface area is 92.6 Å². The first-order chi connectivity index (χ1) is 6.89. The second-order valence-corrected chi connectivity index (χ2v) is 7.51. The summed E-state index contributed by atoms with van der Waals surface area (Å²) >= 11 is 0. The summed E-state index contributed by atoms with van der Waals surface area (Å²) in [4.78, 5) is 0. The van der Waals surface area contributed by atoms with Gasteiger partial charge in [0, 0.05) is 6.26 Å². The lowest BCUT2D eigenvalue weighted by Gasteiger charge is -2.54. The van der Waals surface area contributed by atoms with Crippen LogP contribution >= 0.6 is 0 Å². The molecule has 3 aliphatic rings. The maximum absolute atomic E-state index is 11.4. The van der Waals surface area contributed by atoms with Gasteiger partial charge in [-0.15, -0.1) is 0 Å². The molecule has 3 heterocycles. The highest BCUT2D eigenvalue weighted by Crippen LogP contribution is 2.26. The lowest BCUT2D eigenvalue weighted by molar-refractivity contribution is -1.08. The normalized spacial score (nSPS) is 40.7. The molecule has 0 N–H and O–H groups in total. The Morgan fingerprint density at radius 3 is 1.67 bits per heavy atom. The molecule has 3 rings (SSSR count). The highest BCUT2D eigenvalue weighted by Gasteiger charge is 2.49. The third-order valence-electron chi connectivity index (χ3n) is 4.33. The highest BCUT2D eigenvalue weighted by atomic mass is 32.2. The number of hydrogen-bond acceptors (Lipinski definition) is 2. The van der Waals surface area contributed by atoms with E-state index in [1.807, 2.05) is 0 Å². The second kappa shape index (κ2) is 3.43. The van der Waals surface area contributed by atoms with E-state index < -0.39 is 9.84 Å². The molecule has 0 amide bonds. The van der Waals surface area contributed by atoms with Crippen LogP contribution in [0.3, 0.4) is 0 Å². The van der Waals surface area contributed by atoms with Crippen LogP contribution in [0.25, 0.3) is 0 Å². The predicted molar refractivity (Wildman–Crippen MR) is 60.0 cm³/mol. The zero-order valence-electron chi connectivity index (χ0n) is 9.78. The van der Waals surface area contributed by atoms with Crippen molar-refractivity contribution in [2.75, 3.05) is 57.9 Å². The number of fused-ring (bicyclic) bond motifs is 3. The lowest BCUT2D eigenvalue weighted by atomic mass is 10.1. The molecule has 3 aliphatic heterocycles. The van der Waals surface area contributed by atoms with Gasteiger partial charge in [0.15, 0.2) is 15.7 Å². The van der Waals surface area contributed by atoms with Crippen molar-refractivity contribution in [3.63, 3.8) is 0 Å². The van der Waals surface area contributed by atoms with Gasteiger partial charge < -0.3 is 4.48 Å². The van der Waals surface area contributed by atoms with E-state index in [1.165, 1.54) is 36.9 Å². The maximum Gasteiger partial charge on any atom is 0.197 e. The van der Waals surface area contributed by atoms with Crippen molar-refractivity contribution in [2.24, 2.45) is 0 Å². The van der Waals surface area contributed by atoms with Crippen LogP contribution in [0.4, 0.5) is 0 Å². The van der Waals surface area contributed by atoms with E-state index in [2.05, 4.69) is 6.92 Å². The van der Waals surface area contributed by atoms with E-state index in [0.717, 1.165) is 24.1 Å². The number of nitrogens with zero attached hydrogens (tertiary/aromatic N) is 2. The third-order valence-corrected chi connectivity index (χ3v) is 5.34. The number of likely N-dealkylation sites (N-methyl/N-ethyl adjacent to an activating group) is 1. The predicted octanol–water partition coefficient (Wildman–Crippen LogP) is -0.331. The molecule has 3 fully saturated rings. The molecule has 0 aromatic rings. The fraction of sp³-hybridized carbons (Fsp3) is 1.00. The molecule has 0 saturated carbocycles. The fourth-order valence-corrected chi connectivity index (χ4v) is 4.49. The summed E-state index contributed by atoms with van der Waals surface area (Å²) in [5, 5.41) is 0. The topological polar surface area (TPSA) is 34.1 Å². The van der Waals surface area contributed by atoms with Gasteiger partial charge in [0.2, 0.25) is 0 Å². The van der Waals surface area contributed by atoms with Crippen LogP contribution in [0.2, 0.25) is 0 Å². The molecule has 0 aliphatic carbocycles. The summed E-state index contributed by atoms with van der Waals surface area (Å²) in [6, 6.07) is 0. The van der Waals surface area contributed by atoms with Crippen molar-refractivity contribution < 1.29 is 17.4 Å². The molecule has 3 saturated heterocycles. The third kappa shape index (κ3) is 2.19. The van der Waals surface area contributed by atoms with Crippen LogP contribution in [0.5, 0.6) is 0 Å². The summed E-state index contributed by atoms with van der Waals surface area (Å²) in [5.41, 5.74) is 0. The molecule has 15 heavy (non-hydrogen) atoms. The summed E-state index contributed by atoms with van der Waals surface area (Å²) in [6.45, 7) is 10.1. The standard InChI is InChI=1S/C10H22N2O2S/c1-3-11-4-7-12(8-5-11,9-6-11)10-15(2,13)14/h3-10H2,1-2H3/q+2. The van der Waals surface area contributed by atoms with Gasteiger partial charge in [0.05, 0.1) is 6.54 Å². The first-order valence-electron chi connectivity index (χ1n) is 5.77. The minimum absolute atomic E-state index is 0.358. The SMILES string of the molecule is CC[N+]12CC[N+](CS(C)(=O)=O)(CC1)CC2. The summed E-state index contributed by atoms with van der Waals surface area (Å²) in [7, 11) is -2.83. The van der Waals surface area contributed by atoms with Gasteiger partial charge in [-0.3, -0.25) is 4.48 Å². The zero-order chi connectivity index (χ0) is 11.2. The quantitative estimate of drug-likeness (QED) is 0.627. The zero-order valence-corrected chi connectivity index (χ0v) is 10.6. The number of rotatable bonds is 3. The minimum atomic E-state index is -2.83. The lowest BCUT2D eigenvalue weighted by Crippen LogP contribution is -2.75. The van der Waals surface area contributed by atoms with E-state index in [1.54, 1.807) is 0 Å². The Balaban J connectivity index is 2.10. The summed E-state index contributed by atoms with van der Waals surface area (Å²) < 4.78 is 24.9. The van der Waals surface area contributed by atoms with Crippen molar-refractivity contribution in [3.8, 4) is 0 Å². The Morgan fingerprint density at radius 2 is 1.33 bits per heavy atom. The van der Waals surface area contributed by atoms with E-state index in [4.69, 9.17) is 0 Å². The van der Waals surface area contributed by atoms with Crippen LogP contribution < -0.4 is 0 Å². The molecule has 0 unspecified atom stereocenters. The van der Waals surface area contributed by atoms with Crippen LogP contribution in [0.1, 0.15) is 6.92 Å². The van der Waals surface area contributed by atoms with E-state index in [-0.39, 0.29) is 0 Å². The van der Waals surface area contributed by atoms with Crippen LogP contribution in [-0.2, 0) is 9.84 Å². The average molecular weight is 234 g/mol. The van der Waals surface area contributed by atoms with Crippen molar-refractivity contribution in [3.05, 3.63) is 0 Å². The van der Waals surface area contributed by atoms with Gasteiger partial charge in [-0.1, -0.05) is 0 Å². The number of sulfone groups is 1. The Bertz CT molecular complexity index is 326. The molecule has 0 aromatic heterocycles. The van der Waals surface area contributed by atoms with E-state index in [0.29, 0.717) is 5.88 Å². The van der Waals surface area contributed by atoms with Gasteiger partial charge in [-0.25, -0.2) is 8.42 Å². The van der Waals surface area contributed by atoms with Crippen molar-refractivity contribution in [1.29, 1.82) is 0 Å². The van der Waals surface area contributed by atoms with Gasteiger partial charge in [0.25, 0.3) is 0 Å².